The Labute approximate surface area is 151 Å². The second-order valence-corrected chi connectivity index (χ2v) is 6.87. The molecule has 2 aromatic heterocycles. The standard InChI is InChI=1S/C19H20N4OS/c1-13-4-6-14(7-5-13)18-22-16(10-20)19(24-18)21-11-17(23(2)3)15-8-9-25-12-15/h4-9,12,17,21H,11H2,1-3H3/t17-/m0/s1. The molecule has 0 aliphatic carbocycles. The molecule has 6 heteroatoms. The molecule has 2 heterocycles. The molecule has 25 heavy (non-hydrogen) atoms. The van der Waals surface area contributed by atoms with Crippen LogP contribution in [-0.4, -0.2) is 30.5 Å². The third-order valence-electron chi connectivity index (χ3n) is 4.04. The number of aryl methyl sites for hydroxylation is 1. The van der Waals surface area contributed by atoms with Crippen molar-refractivity contribution in [2.75, 3.05) is 26.0 Å². The maximum absolute atomic E-state index is 9.36. The van der Waals surface area contributed by atoms with Crippen LogP contribution in [0.2, 0.25) is 0 Å². The van der Waals surface area contributed by atoms with E-state index >= 15 is 0 Å². The van der Waals surface area contributed by atoms with Crippen LogP contribution in [0.25, 0.3) is 11.5 Å². The molecule has 0 unspecified atom stereocenters. The quantitative estimate of drug-likeness (QED) is 0.716. The van der Waals surface area contributed by atoms with E-state index in [1.165, 1.54) is 11.1 Å². The molecule has 0 bridgehead atoms. The normalized spacial score (nSPS) is 12.1. The minimum absolute atomic E-state index is 0.186. The maximum Gasteiger partial charge on any atom is 0.232 e. The summed E-state index contributed by atoms with van der Waals surface area (Å²) in [6.45, 7) is 2.65. The third kappa shape index (κ3) is 3.90. The van der Waals surface area contributed by atoms with E-state index in [0.717, 1.165) is 5.56 Å². The number of hydrogen-bond donors (Lipinski definition) is 1. The Morgan fingerprint density at radius 2 is 2.04 bits per heavy atom. The molecule has 1 atom stereocenters. The monoisotopic (exact) mass is 352 g/mol. The van der Waals surface area contributed by atoms with Crippen LogP contribution in [0.4, 0.5) is 5.88 Å². The SMILES string of the molecule is Cc1ccc(-c2nc(C#N)c(NC[C@@H](c3ccsc3)N(C)C)o2)cc1. The molecule has 0 saturated heterocycles. The molecule has 0 aliphatic rings. The molecule has 0 fully saturated rings. The number of nitriles is 1. The van der Waals surface area contributed by atoms with E-state index < -0.39 is 0 Å². The van der Waals surface area contributed by atoms with Crippen molar-refractivity contribution in [2.24, 2.45) is 0 Å². The van der Waals surface area contributed by atoms with E-state index in [-0.39, 0.29) is 11.7 Å². The number of anilines is 1. The van der Waals surface area contributed by atoms with Crippen molar-refractivity contribution in [3.05, 3.63) is 57.9 Å². The number of nitrogens with zero attached hydrogens (tertiary/aromatic N) is 3. The van der Waals surface area contributed by atoms with E-state index in [9.17, 15) is 5.26 Å². The molecule has 0 spiro atoms. The fourth-order valence-electron chi connectivity index (χ4n) is 2.59. The Morgan fingerprint density at radius 1 is 1.28 bits per heavy atom. The zero-order valence-corrected chi connectivity index (χ0v) is 15.3. The van der Waals surface area contributed by atoms with Crippen LogP contribution in [0.1, 0.15) is 22.9 Å². The van der Waals surface area contributed by atoms with E-state index in [1.807, 2.05) is 45.3 Å². The molecule has 3 aromatic rings. The first-order chi connectivity index (χ1) is 12.1. The highest BCUT2D eigenvalue weighted by Gasteiger charge is 2.18. The van der Waals surface area contributed by atoms with Gasteiger partial charge >= 0.3 is 0 Å². The first-order valence-corrected chi connectivity index (χ1v) is 8.93. The maximum atomic E-state index is 9.36. The molecule has 3 rings (SSSR count). The summed E-state index contributed by atoms with van der Waals surface area (Å²) in [6, 6.07) is 12.3. The van der Waals surface area contributed by atoms with Gasteiger partial charge in [-0.2, -0.15) is 21.6 Å². The van der Waals surface area contributed by atoms with Crippen molar-refractivity contribution in [3.63, 3.8) is 0 Å². The summed E-state index contributed by atoms with van der Waals surface area (Å²) in [5, 5.41) is 16.8. The number of rotatable bonds is 6. The molecule has 0 radical (unpaired) electrons. The van der Waals surface area contributed by atoms with E-state index in [4.69, 9.17) is 4.42 Å². The van der Waals surface area contributed by atoms with Gasteiger partial charge in [-0.05, 0) is 55.5 Å². The Bertz CT molecular complexity index is 860. The second kappa shape index (κ2) is 7.51. The number of thiophene rings is 1. The van der Waals surface area contributed by atoms with Crippen molar-refractivity contribution in [2.45, 2.75) is 13.0 Å². The Hall–Kier alpha value is -2.62. The summed E-state index contributed by atoms with van der Waals surface area (Å²) < 4.78 is 5.82. The number of likely N-dealkylation sites (N-methyl/N-ethyl adjacent to an activating group) is 1. The predicted molar refractivity (Wildman–Crippen MR) is 101 cm³/mol. The Balaban J connectivity index is 1.80. The molecule has 5 nitrogen and oxygen atoms in total. The van der Waals surface area contributed by atoms with Gasteiger partial charge in [0.15, 0.2) is 0 Å². The van der Waals surface area contributed by atoms with Crippen molar-refractivity contribution >= 4 is 17.2 Å². The average molecular weight is 352 g/mol. The van der Waals surface area contributed by atoms with Crippen molar-refractivity contribution in [1.29, 1.82) is 5.26 Å². The molecule has 128 valence electrons. The van der Waals surface area contributed by atoms with Crippen molar-refractivity contribution in [3.8, 4) is 17.5 Å². The first-order valence-electron chi connectivity index (χ1n) is 7.99. The molecule has 1 aromatic carbocycles. The molecular weight excluding hydrogens is 332 g/mol. The molecule has 0 saturated carbocycles. The highest BCUT2D eigenvalue weighted by Crippen LogP contribution is 2.27. The molecule has 1 N–H and O–H groups in total. The number of nitrogens with one attached hydrogen (secondary N) is 1. The number of oxazole rings is 1. The van der Waals surface area contributed by atoms with Gasteiger partial charge in [0.2, 0.25) is 17.5 Å². The van der Waals surface area contributed by atoms with Crippen molar-refractivity contribution < 1.29 is 4.42 Å². The summed E-state index contributed by atoms with van der Waals surface area (Å²) in [6.07, 6.45) is 0. The zero-order chi connectivity index (χ0) is 17.8. The van der Waals surface area contributed by atoms with Gasteiger partial charge in [-0.25, -0.2) is 0 Å². The summed E-state index contributed by atoms with van der Waals surface area (Å²) >= 11 is 1.67. The average Bonchev–Trinajstić information content (AvgIpc) is 3.25. The largest absolute Gasteiger partial charge is 0.419 e. The lowest BCUT2D eigenvalue weighted by Gasteiger charge is -2.23. The smallest absolute Gasteiger partial charge is 0.232 e. The fraction of sp³-hybridized carbons (Fsp3) is 0.263. The predicted octanol–water partition coefficient (Wildman–Crippen LogP) is 4.30. The van der Waals surface area contributed by atoms with Crippen LogP contribution in [0.15, 0.2) is 45.5 Å². The van der Waals surface area contributed by atoms with Crippen LogP contribution in [-0.2, 0) is 0 Å². The second-order valence-electron chi connectivity index (χ2n) is 6.09. The number of benzene rings is 1. The lowest BCUT2D eigenvalue weighted by molar-refractivity contribution is 0.311. The van der Waals surface area contributed by atoms with Crippen LogP contribution >= 0.6 is 11.3 Å². The van der Waals surface area contributed by atoms with Crippen LogP contribution in [0.3, 0.4) is 0 Å². The molecule has 0 aliphatic heterocycles. The van der Waals surface area contributed by atoms with Gasteiger partial charge in [-0.15, -0.1) is 0 Å². The minimum atomic E-state index is 0.186. The number of aromatic nitrogens is 1. The topological polar surface area (TPSA) is 65.1 Å². The van der Waals surface area contributed by atoms with E-state index in [1.54, 1.807) is 11.3 Å². The van der Waals surface area contributed by atoms with Gasteiger partial charge in [-0.1, -0.05) is 17.7 Å². The van der Waals surface area contributed by atoms with Crippen molar-refractivity contribution in [1.82, 2.24) is 9.88 Å². The van der Waals surface area contributed by atoms with E-state index in [0.29, 0.717) is 18.3 Å². The number of hydrogen-bond acceptors (Lipinski definition) is 6. The highest BCUT2D eigenvalue weighted by atomic mass is 32.1. The third-order valence-corrected chi connectivity index (χ3v) is 4.74. The summed E-state index contributed by atoms with van der Waals surface area (Å²) in [5.74, 6) is 0.871. The van der Waals surface area contributed by atoms with Gasteiger partial charge < -0.3 is 14.6 Å². The van der Waals surface area contributed by atoms with Gasteiger partial charge in [0.05, 0.1) is 6.04 Å². The van der Waals surface area contributed by atoms with Crippen LogP contribution in [0.5, 0.6) is 0 Å². The highest BCUT2D eigenvalue weighted by molar-refractivity contribution is 7.07. The first kappa shape index (κ1) is 17.2. The summed E-state index contributed by atoms with van der Waals surface area (Å²) in [4.78, 5) is 6.45. The Kier molecular flexibility index (Phi) is 5.17. The van der Waals surface area contributed by atoms with Crippen LogP contribution < -0.4 is 5.32 Å². The van der Waals surface area contributed by atoms with Crippen LogP contribution in [0, 0.1) is 18.3 Å². The molecule has 0 amide bonds. The zero-order valence-electron chi connectivity index (χ0n) is 14.5. The lowest BCUT2D eigenvalue weighted by atomic mass is 10.1. The minimum Gasteiger partial charge on any atom is -0.419 e. The fourth-order valence-corrected chi connectivity index (χ4v) is 3.29. The Morgan fingerprint density at radius 3 is 2.64 bits per heavy atom. The lowest BCUT2D eigenvalue weighted by Crippen LogP contribution is -2.26. The summed E-state index contributed by atoms with van der Waals surface area (Å²) in [7, 11) is 4.07. The van der Waals surface area contributed by atoms with Gasteiger partial charge in [0, 0.05) is 12.1 Å². The molecular formula is C19H20N4OS. The van der Waals surface area contributed by atoms with Gasteiger partial charge in [0.25, 0.3) is 0 Å². The van der Waals surface area contributed by atoms with E-state index in [2.05, 4.69) is 38.1 Å². The van der Waals surface area contributed by atoms with Gasteiger partial charge in [-0.3, -0.25) is 0 Å². The van der Waals surface area contributed by atoms with Gasteiger partial charge in [0.1, 0.15) is 6.07 Å². The summed E-state index contributed by atoms with van der Waals surface area (Å²) in [5.41, 5.74) is 3.54.